The van der Waals surface area contributed by atoms with Crippen LogP contribution in [-0.2, 0) is 12.7 Å². The van der Waals surface area contributed by atoms with Crippen molar-refractivity contribution in [1.29, 1.82) is 0 Å². The molecular formula is C16H21F3N2O. The van der Waals surface area contributed by atoms with Crippen molar-refractivity contribution in [2.45, 2.75) is 44.3 Å². The molecule has 6 heteroatoms. The molecule has 0 amide bonds. The van der Waals surface area contributed by atoms with E-state index in [9.17, 15) is 18.3 Å². The lowest BCUT2D eigenvalue weighted by Gasteiger charge is -2.42. The van der Waals surface area contributed by atoms with Crippen molar-refractivity contribution in [2.75, 3.05) is 19.6 Å². The molecule has 122 valence electrons. The first-order valence-corrected chi connectivity index (χ1v) is 7.65. The minimum absolute atomic E-state index is 0.247. The van der Waals surface area contributed by atoms with Gasteiger partial charge in [0.15, 0.2) is 0 Å². The standard InChI is InChI=1S/C16H21F3N2O/c1-11-7-21-10-15(22)6-14(21)9-20(11)8-12-2-4-13(5-3-12)16(17,18)19/h2-5,11,14-15,22H,6-10H2,1H3/t11-,14+,15+/m0/s1. The average Bonchev–Trinajstić information content (AvgIpc) is 2.78. The van der Waals surface area contributed by atoms with Gasteiger partial charge in [-0.3, -0.25) is 9.80 Å². The lowest BCUT2D eigenvalue weighted by atomic mass is 10.1. The summed E-state index contributed by atoms with van der Waals surface area (Å²) in [7, 11) is 0. The van der Waals surface area contributed by atoms with E-state index in [2.05, 4.69) is 16.7 Å². The molecule has 3 atom stereocenters. The monoisotopic (exact) mass is 314 g/mol. The molecule has 2 saturated heterocycles. The van der Waals surface area contributed by atoms with Crippen LogP contribution in [-0.4, -0.2) is 52.7 Å². The molecule has 0 bridgehead atoms. The predicted molar refractivity (Wildman–Crippen MR) is 77.3 cm³/mol. The van der Waals surface area contributed by atoms with Gasteiger partial charge < -0.3 is 5.11 Å². The maximum Gasteiger partial charge on any atom is 0.416 e. The summed E-state index contributed by atoms with van der Waals surface area (Å²) in [6, 6.07) is 6.12. The van der Waals surface area contributed by atoms with Crippen LogP contribution < -0.4 is 0 Å². The summed E-state index contributed by atoms with van der Waals surface area (Å²) in [6.07, 6.45) is -3.74. The SMILES string of the molecule is C[C@H]1CN2C[C@H](O)C[C@@H]2CN1Cc1ccc(C(F)(F)F)cc1. The van der Waals surface area contributed by atoms with E-state index in [1.165, 1.54) is 0 Å². The van der Waals surface area contributed by atoms with Crippen molar-refractivity contribution in [3.63, 3.8) is 0 Å². The highest BCUT2D eigenvalue weighted by Crippen LogP contribution is 2.30. The summed E-state index contributed by atoms with van der Waals surface area (Å²) in [5.41, 5.74) is 0.292. The van der Waals surface area contributed by atoms with Crippen LogP contribution in [0.25, 0.3) is 0 Å². The van der Waals surface area contributed by atoms with E-state index < -0.39 is 11.7 Å². The molecule has 2 fully saturated rings. The first kappa shape index (κ1) is 15.8. The maximum atomic E-state index is 12.6. The Balaban J connectivity index is 1.65. The second-order valence-corrected chi connectivity index (χ2v) is 6.47. The van der Waals surface area contributed by atoms with Crippen LogP contribution in [0.2, 0.25) is 0 Å². The van der Waals surface area contributed by atoms with Gasteiger partial charge in [-0.15, -0.1) is 0 Å². The number of alkyl halides is 3. The molecule has 2 aliphatic heterocycles. The van der Waals surface area contributed by atoms with E-state index in [0.29, 0.717) is 18.6 Å². The highest BCUT2D eigenvalue weighted by atomic mass is 19.4. The van der Waals surface area contributed by atoms with Gasteiger partial charge in [-0.1, -0.05) is 12.1 Å². The van der Waals surface area contributed by atoms with Crippen LogP contribution in [0.4, 0.5) is 13.2 Å². The fraction of sp³-hybridized carbons (Fsp3) is 0.625. The normalized spacial score (nSPS) is 30.5. The molecule has 0 aromatic heterocycles. The molecule has 3 nitrogen and oxygen atoms in total. The molecule has 0 radical (unpaired) electrons. The fourth-order valence-corrected chi connectivity index (χ4v) is 3.53. The van der Waals surface area contributed by atoms with E-state index in [-0.39, 0.29) is 6.10 Å². The number of hydrogen-bond acceptors (Lipinski definition) is 3. The van der Waals surface area contributed by atoms with Crippen molar-refractivity contribution < 1.29 is 18.3 Å². The minimum atomic E-state index is -4.28. The molecule has 0 unspecified atom stereocenters. The van der Waals surface area contributed by atoms with Crippen LogP contribution in [0.5, 0.6) is 0 Å². The van der Waals surface area contributed by atoms with Crippen molar-refractivity contribution in [3.05, 3.63) is 35.4 Å². The Bertz CT molecular complexity index is 517. The van der Waals surface area contributed by atoms with Gasteiger partial charge in [0, 0.05) is 38.3 Å². The molecule has 0 saturated carbocycles. The van der Waals surface area contributed by atoms with Crippen molar-refractivity contribution in [1.82, 2.24) is 9.80 Å². The topological polar surface area (TPSA) is 26.7 Å². The first-order chi connectivity index (χ1) is 10.3. The molecule has 0 aliphatic carbocycles. The van der Waals surface area contributed by atoms with Gasteiger partial charge >= 0.3 is 6.18 Å². The van der Waals surface area contributed by atoms with Crippen LogP contribution in [0.1, 0.15) is 24.5 Å². The number of rotatable bonds is 2. The Hall–Kier alpha value is -1.11. The average molecular weight is 314 g/mol. The number of aliphatic hydroxyl groups is 1. The Morgan fingerprint density at radius 2 is 1.82 bits per heavy atom. The summed E-state index contributed by atoms with van der Waals surface area (Å²) < 4.78 is 37.8. The molecule has 1 N–H and O–H groups in total. The number of halogens is 3. The minimum Gasteiger partial charge on any atom is -0.392 e. The number of fused-ring (bicyclic) bond motifs is 1. The van der Waals surface area contributed by atoms with Crippen LogP contribution in [0, 0.1) is 0 Å². The number of benzene rings is 1. The number of hydrogen-bond donors (Lipinski definition) is 1. The van der Waals surface area contributed by atoms with Gasteiger partial charge in [-0.2, -0.15) is 13.2 Å². The number of piperazine rings is 1. The second-order valence-electron chi connectivity index (χ2n) is 6.47. The van der Waals surface area contributed by atoms with Crippen molar-refractivity contribution in [2.24, 2.45) is 0 Å². The second kappa shape index (κ2) is 5.83. The van der Waals surface area contributed by atoms with Gasteiger partial charge in [0.25, 0.3) is 0 Å². The van der Waals surface area contributed by atoms with Gasteiger partial charge in [-0.05, 0) is 31.0 Å². The quantitative estimate of drug-likeness (QED) is 0.908. The highest BCUT2D eigenvalue weighted by molar-refractivity contribution is 5.24. The molecule has 22 heavy (non-hydrogen) atoms. The van der Waals surface area contributed by atoms with Crippen molar-refractivity contribution >= 4 is 0 Å². The summed E-state index contributed by atoms with van der Waals surface area (Å²) in [4.78, 5) is 4.61. The number of aliphatic hydroxyl groups excluding tert-OH is 1. The van der Waals surface area contributed by atoms with Crippen LogP contribution in [0.3, 0.4) is 0 Å². The van der Waals surface area contributed by atoms with Gasteiger partial charge in [0.05, 0.1) is 11.7 Å². The van der Waals surface area contributed by atoms with E-state index in [1.807, 2.05) is 0 Å². The Morgan fingerprint density at radius 1 is 1.14 bits per heavy atom. The third kappa shape index (κ3) is 3.29. The predicted octanol–water partition coefficient (Wildman–Crippen LogP) is 2.34. The summed E-state index contributed by atoms with van der Waals surface area (Å²) >= 11 is 0. The van der Waals surface area contributed by atoms with Crippen molar-refractivity contribution in [3.8, 4) is 0 Å². The molecule has 1 aromatic carbocycles. The van der Waals surface area contributed by atoms with Crippen LogP contribution >= 0.6 is 0 Å². The highest BCUT2D eigenvalue weighted by Gasteiger charge is 2.38. The first-order valence-electron chi connectivity index (χ1n) is 7.65. The third-order valence-electron chi connectivity index (χ3n) is 4.74. The molecule has 3 rings (SSSR count). The molecule has 2 heterocycles. The van der Waals surface area contributed by atoms with E-state index >= 15 is 0 Å². The summed E-state index contributed by atoms with van der Waals surface area (Å²) in [5, 5.41) is 9.76. The molecule has 1 aromatic rings. The maximum absolute atomic E-state index is 12.6. The molecule has 0 spiro atoms. The van der Waals surface area contributed by atoms with E-state index in [1.54, 1.807) is 12.1 Å². The summed E-state index contributed by atoms with van der Waals surface area (Å²) in [5.74, 6) is 0. The van der Waals surface area contributed by atoms with Gasteiger partial charge in [0.2, 0.25) is 0 Å². The zero-order valence-electron chi connectivity index (χ0n) is 12.6. The van der Waals surface area contributed by atoms with E-state index in [4.69, 9.17) is 0 Å². The Kier molecular flexibility index (Phi) is 4.18. The third-order valence-corrected chi connectivity index (χ3v) is 4.74. The van der Waals surface area contributed by atoms with Crippen LogP contribution in [0.15, 0.2) is 24.3 Å². The zero-order chi connectivity index (χ0) is 15.9. The van der Waals surface area contributed by atoms with Gasteiger partial charge in [0.1, 0.15) is 0 Å². The fourth-order valence-electron chi connectivity index (χ4n) is 3.53. The Morgan fingerprint density at radius 3 is 2.45 bits per heavy atom. The lowest BCUT2D eigenvalue weighted by molar-refractivity contribution is -0.137. The smallest absolute Gasteiger partial charge is 0.392 e. The van der Waals surface area contributed by atoms with Gasteiger partial charge in [-0.25, -0.2) is 0 Å². The molecule has 2 aliphatic rings. The van der Waals surface area contributed by atoms with E-state index in [0.717, 1.165) is 43.8 Å². The summed E-state index contributed by atoms with van der Waals surface area (Å²) in [6.45, 7) is 5.29. The Labute approximate surface area is 128 Å². The lowest BCUT2D eigenvalue weighted by Crippen LogP contribution is -2.54. The zero-order valence-corrected chi connectivity index (χ0v) is 12.6. The largest absolute Gasteiger partial charge is 0.416 e. The molecular weight excluding hydrogens is 293 g/mol. The number of nitrogens with zero attached hydrogens (tertiary/aromatic N) is 2.